The smallest absolute Gasteiger partial charge is 0.290 e. The highest BCUT2D eigenvalue weighted by atomic mass is 16.5. The number of Topliss-reactive ketones (excluding diaryl/α,β-unsaturated/α-hetero) is 1. The number of carbonyl (C=O) groups is 2. The summed E-state index contributed by atoms with van der Waals surface area (Å²) in [5.41, 5.74) is 1.70. The van der Waals surface area contributed by atoms with Crippen molar-refractivity contribution in [2.75, 3.05) is 7.11 Å². The molecule has 134 valence electrons. The zero-order valence-corrected chi connectivity index (χ0v) is 14.7. The third-order valence-corrected chi connectivity index (χ3v) is 4.43. The predicted octanol–water partition coefficient (Wildman–Crippen LogP) is 2.96. The van der Waals surface area contributed by atoms with E-state index in [1.807, 2.05) is 6.07 Å². The van der Waals surface area contributed by atoms with Crippen LogP contribution in [-0.2, 0) is 16.1 Å². The molecule has 0 saturated heterocycles. The SMILES string of the molecule is CCC(=O)C1=C(O)C(=O)N(Cc2cccnc2)C1c1ccc(OC)cc1. The zero-order chi connectivity index (χ0) is 18.7. The molecule has 0 saturated carbocycles. The molecular weight excluding hydrogens is 332 g/mol. The van der Waals surface area contributed by atoms with E-state index in [1.165, 1.54) is 4.90 Å². The first-order valence-corrected chi connectivity index (χ1v) is 8.37. The molecule has 1 amide bonds. The summed E-state index contributed by atoms with van der Waals surface area (Å²) >= 11 is 0. The van der Waals surface area contributed by atoms with Crippen molar-refractivity contribution in [3.05, 3.63) is 71.3 Å². The fraction of sp³-hybridized carbons (Fsp3) is 0.250. The molecule has 1 N–H and O–H groups in total. The van der Waals surface area contributed by atoms with Crippen molar-refractivity contribution in [3.8, 4) is 5.75 Å². The van der Waals surface area contributed by atoms with Crippen molar-refractivity contribution in [3.63, 3.8) is 0 Å². The lowest BCUT2D eigenvalue weighted by Gasteiger charge is -2.27. The standard InChI is InChI=1S/C20H20N2O4/c1-3-16(23)17-18(14-6-8-15(26-2)9-7-14)22(20(25)19(17)24)12-13-5-4-10-21-11-13/h4-11,18,24H,3,12H2,1-2H3. The number of hydrogen-bond donors (Lipinski definition) is 1. The van der Waals surface area contributed by atoms with Crippen molar-refractivity contribution < 1.29 is 19.4 Å². The minimum absolute atomic E-state index is 0.145. The van der Waals surface area contributed by atoms with Gasteiger partial charge in [0.25, 0.3) is 5.91 Å². The number of ether oxygens (including phenoxy) is 1. The monoisotopic (exact) mass is 352 g/mol. The van der Waals surface area contributed by atoms with Crippen LogP contribution < -0.4 is 4.74 Å². The Labute approximate surface area is 151 Å². The van der Waals surface area contributed by atoms with Crippen LogP contribution in [0.1, 0.15) is 30.5 Å². The number of nitrogens with zero attached hydrogens (tertiary/aromatic N) is 2. The molecule has 1 aromatic heterocycles. The number of methoxy groups -OCH3 is 1. The average molecular weight is 352 g/mol. The van der Waals surface area contributed by atoms with Gasteiger partial charge in [-0.15, -0.1) is 0 Å². The van der Waals surface area contributed by atoms with Crippen molar-refractivity contribution >= 4 is 11.7 Å². The second-order valence-electron chi connectivity index (χ2n) is 6.01. The molecule has 0 bridgehead atoms. The number of ketones is 1. The van der Waals surface area contributed by atoms with Gasteiger partial charge in [-0.25, -0.2) is 0 Å². The summed E-state index contributed by atoms with van der Waals surface area (Å²) in [5.74, 6) is -0.591. The van der Waals surface area contributed by atoms with Gasteiger partial charge in [-0.2, -0.15) is 0 Å². The van der Waals surface area contributed by atoms with E-state index in [-0.39, 0.29) is 24.3 Å². The van der Waals surface area contributed by atoms with Gasteiger partial charge in [0.05, 0.1) is 18.7 Å². The van der Waals surface area contributed by atoms with E-state index in [0.29, 0.717) is 5.75 Å². The molecule has 0 fully saturated rings. The van der Waals surface area contributed by atoms with Crippen molar-refractivity contribution in [2.45, 2.75) is 25.9 Å². The summed E-state index contributed by atoms with van der Waals surface area (Å²) in [6.45, 7) is 1.95. The molecule has 26 heavy (non-hydrogen) atoms. The second kappa shape index (κ2) is 7.39. The Morgan fingerprint density at radius 2 is 2.00 bits per heavy atom. The Morgan fingerprint density at radius 1 is 1.27 bits per heavy atom. The molecule has 2 aromatic rings. The van der Waals surface area contributed by atoms with Crippen LogP contribution in [-0.4, -0.2) is 33.8 Å². The first kappa shape index (κ1) is 17.7. The number of aliphatic hydroxyl groups is 1. The number of rotatable bonds is 6. The van der Waals surface area contributed by atoms with Gasteiger partial charge in [0.2, 0.25) is 0 Å². The topological polar surface area (TPSA) is 79.7 Å². The molecule has 0 aliphatic carbocycles. The minimum atomic E-state index is -0.638. The summed E-state index contributed by atoms with van der Waals surface area (Å²) in [7, 11) is 1.57. The summed E-state index contributed by atoms with van der Waals surface area (Å²) in [4.78, 5) is 30.7. The van der Waals surface area contributed by atoms with Crippen molar-refractivity contribution in [1.29, 1.82) is 0 Å². The maximum absolute atomic E-state index is 12.7. The molecule has 6 heteroatoms. The van der Waals surface area contributed by atoms with Crippen LogP contribution in [0.2, 0.25) is 0 Å². The first-order valence-electron chi connectivity index (χ1n) is 8.37. The predicted molar refractivity (Wildman–Crippen MR) is 95.5 cm³/mol. The van der Waals surface area contributed by atoms with Crippen molar-refractivity contribution in [2.24, 2.45) is 0 Å². The molecule has 1 aliphatic heterocycles. The maximum atomic E-state index is 12.7. The van der Waals surface area contributed by atoms with Crippen LogP contribution >= 0.6 is 0 Å². The van der Waals surface area contributed by atoms with Gasteiger partial charge in [-0.3, -0.25) is 14.6 Å². The fourth-order valence-corrected chi connectivity index (χ4v) is 3.11. The third-order valence-electron chi connectivity index (χ3n) is 4.43. The van der Waals surface area contributed by atoms with E-state index >= 15 is 0 Å². The Balaban J connectivity index is 2.04. The van der Waals surface area contributed by atoms with Gasteiger partial charge in [0.15, 0.2) is 11.5 Å². The molecule has 1 unspecified atom stereocenters. The van der Waals surface area contributed by atoms with Crippen LogP contribution in [0.5, 0.6) is 5.75 Å². The Morgan fingerprint density at radius 3 is 2.58 bits per heavy atom. The van der Waals surface area contributed by atoms with Gasteiger partial charge in [-0.05, 0) is 29.3 Å². The summed E-state index contributed by atoms with van der Waals surface area (Å²) in [6, 6.07) is 10.1. The van der Waals surface area contributed by atoms with E-state index in [1.54, 1.807) is 56.8 Å². The molecule has 2 heterocycles. The van der Waals surface area contributed by atoms with E-state index in [9.17, 15) is 14.7 Å². The number of carbonyl (C=O) groups excluding carboxylic acids is 2. The van der Waals surface area contributed by atoms with E-state index < -0.39 is 17.7 Å². The zero-order valence-electron chi connectivity index (χ0n) is 14.7. The first-order chi connectivity index (χ1) is 12.6. The van der Waals surface area contributed by atoms with Crippen LogP contribution in [0.25, 0.3) is 0 Å². The highest BCUT2D eigenvalue weighted by molar-refractivity contribution is 6.08. The van der Waals surface area contributed by atoms with Crippen molar-refractivity contribution in [1.82, 2.24) is 9.88 Å². The lowest BCUT2D eigenvalue weighted by atomic mass is 9.95. The average Bonchev–Trinajstić information content (AvgIpc) is 2.93. The summed E-state index contributed by atoms with van der Waals surface area (Å²) < 4.78 is 5.17. The summed E-state index contributed by atoms with van der Waals surface area (Å²) in [5, 5.41) is 10.4. The quantitative estimate of drug-likeness (QED) is 0.864. The van der Waals surface area contributed by atoms with E-state index in [2.05, 4.69) is 4.98 Å². The molecule has 6 nitrogen and oxygen atoms in total. The van der Waals surface area contributed by atoms with Crippen LogP contribution in [0.3, 0.4) is 0 Å². The number of aliphatic hydroxyl groups excluding tert-OH is 1. The highest BCUT2D eigenvalue weighted by Crippen LogP contribution is 2.39. The summed E-state index contributed by atoms with van der Waals surface area (Å²) in [6.07, 6.45) is 3.52. The lowest BCUT2D eigenvalue weighted by Crippen LogP contribution is -2.30. The largest absolute Gasteiger partial charge is 0.503 e. The van der Waals surface area contributed by atoms with Gasteiger partial charge in [0.1, 0.15) is 5.75 Å². The highest BCUT2D eigenvalue weighted by Gasteiger charge is 2.42. The van der Waals surface area contributed by atoms with E-state index in [4.69, 9.17) is 4.74 Å². The molecule has 3 rings (SSSR count). The normalized spacial score (nSPS) is 16.9. The third kappa shape index (κ3) is 3.18. The number of aromatic nitrogens is 1. The molecular formula is C20H20N2O4. The Bertz CT molecular complexity index is 844. The number of pyridine rings is 1. The van der Waals surface area contributed by atoms with Crippen LogP contribution in [0, 0.1) is 0 Å². The maximum Gasteiger partial charge on any atom is 0.290 e. The Hall–Kier alpha value is -3.15. The fourth-order valence-electron chi connectivity index (χ4n) is 3.11. The second-order valence-corrected chi connectivity index (χ2v) is 6.01. The number of hydrogen-bond acceptors (Lipinski definition) is 5. The van der Waals surface area contributed by atoms with Gasteiger partial charge in [0, 0.05) is 25.4 Å². The molecule has 0 spiro atoms. The van der Waals surface area contributed by atoms with E-state index in [0.717, 1.165) is 11.1 Å². The lowest BCUT2D eigenvalue weighted by molar-refractivity contribution is -0.130. The van der Waals surface area contributed by atoms with Gasteiger partial charge >= 0.3 is 0 Å². The Kier molecular flexibility index (Phi) is 5.02. The van der Waals surface area contributed by atoms with Crippen LogP contribution in [0.4, 0.5) is 0 Å². The van der Waals surface area contributed by atoms with Gasteiger partial charge in [-0.1, -0.05) is 25.1 Å². The van der Waals surface area contributed by atoms with Gasteiger partial charge < -0.3 is 14.7 Å². The van der Waals surface area contributed by atoms with Crippen LogP contribution in [0.15, 0.2) is 60.1 Å². The molecule has 1 aliphatic rings. The molecule has 0 radical (unpaired) electrons. The number of amides is 1. The molecule has 1 atom stereocenters. The molecule has 1 aromatic carbocycles. The number of benzene rings is 1. The minimum Gasteiger partial charge on any atom is -0.503 e.